The minimum atomic E-state index is -1.81. The van der Waals surface area contributed by atoms with Crippen LogP contribution in [0.15, 0.2) is 78.2 Å². The molecule has 1 unspecified atom stereocenters. The molecule has 3 fully saturated rings. The van der Waals surface area contributed by atoms with E-state index in [2.05, 4.69) is 0 Å². The minimum absolute atomic E-state index is 0.264. The number of rotatable bonds is 8. The number of thiophene rings is 1. The van der Waals surface area contributed by atoms with Crippen LogP contribution in [0.3, 0.4) is 0 Å². The third-order valence-corrected chi connectivity index (χ3v) is 8.25. The summed E-state index contributed by atoms with van der Waals surface area (Å²) in [6.45, 7) is 3.30. The number of carbonyl (C=O) groups excluding carboxylic acids is 1. The summed E-state index contributed by atoms with van der Waals surface area (Å²) in [5.41, 5.74) is -1.27. The lowest BCUT2D eigenvalue weighted by Gasteiger charge is -2.53. The maximum absolute atomic E-state index is 13.6. The van der Waals surface area contributed by atoms with Crippen LogP contribution in [-0.2, 0) is 15.1 Å². The number of benzene rings is 2. The van der Waals surface area contributed by atoms with Gasteiger partial charge in [0.15, 0.2) is 0 Å². The summed E-state index contributed by atoms with van der Waals surface area (Å²) in [4.78, 5) is 14.2. The molecule has 0 aliphatic carbocycles. The second kappa shape index (κ2) is 9.29. The van der Waals surface area contributed by atoms with Crippen LogP contribution in [-0.4, -0.2) is 48.0 Å². The summed E-state index contributed by atoms with van der Waals surface area (Å²) in [6, 6.07) is 22.6. The van der Waals surface area contributed by atoms with Crippen molar-refractivity contribution in [1.82, 2.24) is 0 Å². The number of nitrogens with zero attached hydrogens (tertiary/aromatic N) is 1. The maximum Gasteiger partial charge on any atom is 0.353 e. The van der Waals surface area contributed by atoms with Gasteiger partial charge in [0.2, 0.25) is 11.8 Å². The van der Waals surface area contributed by atoms with Gasteiger partial charge in [-0.2, -0.15) is 0 Å². The number of quaternary nitrogens is 1. The SMILES string of the molecule is O=C(O[C@@H]1CC2CC[N+]1(CCOc1ccccc1)CC2)C(O)(c1ccccc1)c1cccs1. The van der Waals surface area contributed by atoms with E-state index in [1.165, 1.54) is 11.3 Å². The zero-order valence-corrected chi connectivity index (χ0v) is 19.5. The molecule has 0 saturated carbocycles. The highest BCUT2D eigenvalue weighted by Gasteiger charge is 2.52. The summed E-state index contributed by atoms with van der Waals surface area (Å²) in [6.07, 6.45) is 2.87. The summed E-state index contributed by atoms with van der Waals surface area (Å²) in [5, 5.41) is 13.6. The topological polar surface area (TPSA) is 55.8 Å². The molecule has 2 atom stereocenters. The normalized spacial score (nSPS) is 25.8. The van der Waals surface area contributed by atoms with Gasteiger partial charge in [0.05, 0.1) is 18.0 Å². The van der Waals surface area contributed by atoms with Gasteiger partial charge in [0.1, 0.15) is 18.9 Å². The molecular weight excluding hydrogens is 434 g/mol. The van der Waals surface area contributed by atoms with Gasteiger partial charge in [-0.25, -0.2) is 4.79 Å². The second-order valence-electron chi connectivity index (χ2n) is 9.14. The number of hydrogen-bond donors (Lipinski definition) is 1. The zero-order valence-electron chi connectivity index (χ0n) is 18.6. The van der Waals surface area contributed by atoms with Crippen LogP contribution in [0, 0.1) is 5.92 Å². The van der Waals surface area contributed by atoms with Crippen molar-refractivity contribution in [1.29, 1.82) is 0 Å². The number of piperidine rings is 3. The van der Waals surface area contributed by atoms with E-state index in [9.17, 15) is 9.90 Å². The Kier molecular flexibility index (Phi) is 6.23. The zero-order chi connectivity index (χ0) is 22.7. The molecule has 0 spiro atoms. The van der Waals surface area contributed by atoms with Crippen LogP contribution in [0.4, 0.5) is 0 Å². The molecule has 172 valence electrons. The third-order valence-electron chi connectivity index (χ3n) is 7.27. The van der Waals surface area contributed by atoms with Gasteiger partial charge >= 0.3 is 5.97 Å². The molecule has 0 radical (unpaired) electrons. The number of aliphatic hydroxyl groups is 1. The highest BCUT2D eigenvalue weighted by molar-refractivity contribution is 7.10. The largest absolute Gasteiger partial charge is 0.488 e. The monoisotopic (exact) mass is 464 g/mol. The summed E-state index contributed by atoms with van der Waals surface area (Å²) < 4.78 is 12.9. The summed E-state index contributed by atoms with van der Waals surface area (Å²) in [5.74, 6) is 0.840. The average molecular weight is 465 g/mol. The summed E-state index contributed by atoms with van der Waals surface area (Å²) >= 11 is 1.37. The van der Waals surface area contributed by atoms with Gasteiger partial charge in [-0.15, -0.1) is 11.3 Å². The number of esters is 1. The Bertz CT molecular complexity index is 1050. The first-order valence-electron chi connectivity index (χ1n) is 11.7. The molecule has 3 aliphatic rings. The molecule has 2 aromatic carbocycles. The molecule has 1 aromatic heterocycles. The molecule has 33 heavy (non-hydrogen) atoms. The molecule has 6 rings (SSSR count). The molecule has 5 nitrogen and oxygen atoms in total. The van der Waals surface area contributed by atoms with E-state index in [1.54, 1.807) is 18.2 Å². The Morgan fingerprint density at radius 3 is 2.36 bits per heavy atom. The van der Waals surface area contributed by atoms with Gasteiger partial charge in [-0.1, -0.05) is 54.6 Å². The van der Waals surface area contributed by atoms with Crippen molar-refractivity contribution in [3.8, 4) is 5.75 Å². The number of ether oxygens (including phenoxy) is 2. The molecule has 3 aliphatic heterocycles. The fourth-order valence-corrected chi connectivity index (χ4v) is 6.12. The van der Waals surface area contributed by atoms with E-state index in [0.717, 1.165) is 44.6 Å². The van der Waals surface area contributed by atoms with Crippen molar-refractivity contribution in [3.63, 3.8) is 0 Å². The quantitative estimate of drug-likeness (QED) is 0.392. The predicted octanol–water partition coefficient (Wildman–Crippen LogP) is 4.56. The lowest BCUT2D eigenvalue weighted by atomic mass is 9.84. The van der Waals surface area contributed by atoms with Crippen LogP contribution in [0.1, 0.15) is 29.7 Å². The molecular formula is C27H30NO4S+. The van der Waals surface area contributed by atoms with Gasteiger partial charge < -0.3 is 14.6 Å². The molecule has 3 aromatic rings. The Morgan fingerprint density at radius 1 is 1.00 bits per heavy atom. The highest BCUT2D eigenvalue weighted by Crippen LogP contribution is 2.41. The van der Waals surface area contributed by atoms with E-state index in [-0.39, 0.29) is 6.23 Å². The molecule has 6 heteroatoms. The molecule has 1 N–H and O–H groups in total. The smallest absolute Gasteiger partial charge is 0.353 e. The van der Waals surface area contributed by atoms with Crippen molar-refractivity contribution < 1.29 is 23.9 Å². The first-order chi connectivity index (χ1) is 16.1. The van der Waals surface area contributed by atoms with Crippen molar-refractivity contribution in [2.24, 2.45) is 5.92 Å². The van der Waals surface area contributed by atoms with Crippen LogP contribution >= 0.6 is 11.3 Å². The van der Waals surface area contributed by atoms with Crippen LogP contribution < -0.4 is 4.74 Å². The van der Waals surface area contributed by atoms with E-state index in [0.29, 0.717) is 27.4 Å². The van der Waals surface area contributed by atoms with Crippen LogP contribution in [0.5, 0.6) is 5.75 Å². The fourth-order valence-electron chi connectivity index (χ4n) is 5.29. The first kappa shape index (κ1) is 22.1. The number of hydrogen-bond acceptors (Lipinski definition) is 5. The van der Waals surface area contributed by atoms with Crippen LogP contribution in [0.2, 0.25) is 0 Å². The summed E-state index contributed by atoms with van der Waals surface area (Å²) in [7, 11) is 0. The molecule has 4 heterocycles. The fraction of sp³-hybridized carbons (Fsp3) is 0.370. The molecule has 2 bridgehead atoms. The van der Waals surface area contributed by atoms with Gasteiger partial charge in [0, 0.05) is 24.8 Å². The van der Waals surface area contributed by atoms with E-state index < -0.39 is 11.6 Å². The predicted molar refractivity (Wildman–Crippen MR) is 128 cm³/mol. The number of carbonyl (C=O) groups is 1. The van der Waals surface area contributed by atoms with E-state index in [4.69, 9.17) is 9.47 Å². The van der Waals surface area contributed by atoms with Crippen molar-refractivity contribution in [2.75, 3.05) is 26.2 Å². The third kappa shape index (κ3) is 4.31. The standard InChI is InChI=1S/C27H30NO4S/c29-26(27(30,24-12-7-19-33-24)22-8-3-1-4-9-22)32-25-20-21-13-15-28(25,16-14-21)17-18-31-23-10-5-2-6-11-23/h1-12,19,21,25,30H,13-18,20H2/q+1/t21?,25-,27?,28?/m1/s1. The lowest BCUT2D eigenvalue weighted by molar-refractivity contribution is -0.984. The number of para-hydroxylation sites is 1. The number of fused-ring (bicyclic) bond motifs is 3. The van der Waals surface area contributed by atoms with Crippen molar-refractivity contribution in [3.05, 3.63) is 88.6 Å². The van der Waals surface area contributed by atoms with Crippen molar-refractivity contribution >= 4 is 17.3 Å². The minimum Gasteiger partial charge on any atom is -0.488 e. The lowest BCUT2D eigenvalue weighted by Crippen LogP contribution is -2.66. The Morgan fingerprint density at radius 2 is 1.70 bits per heavy atom. The second-order valence-corrected chi connectivity index (χ2v) is 10.1. The van der Waals surface area contributed by atoms with Crippen molar-refractivity contribution in [2.45, 2.75) is 31.1 Å². The Hall–Kier alpha value is -2.67. The Balaban J connectivity index is 1.36. The molecule has 0 amide bonds. The van der Waals surface area contributed by atoms with Gasteiger partial charge in [-0.3, -0.25) is 4.48 Å². The maximum atomic E-state index is 13.6. The van der Waals surface area contributed by atoms with Crippen LogP contribution in [0.25, 0.3) is 0 Å². The highest BCUT2D eigenvalue weighted by atomic mass is 32.1. The van der Waals surface area contributed by atoms with Gasteiger partial charge in [-0.05, 0) is 29.5 Å². The molecule has 3 saturated heterocycles. The van der Waals surface area contributed by atoms with E-state index >= 15 is 0 Å². The Labute approximate surface area is 198 Å². The van der Waals surface area contributed by atoms with E-state index in [1.807, 2.05) is 60.0 Å². The van der Waals surface area contributed by atoms with Gasteiger partial charge in [0.25, 0.3) is 0 Å². The first-order valence-corrected chi connectivity index (χ1v) is 12.5. The average Bonchev–Trinajstić information content (AvgIpc) is 3.41.